The lowest BCUT2D eigenvalue weighted by molar-refractivity contribution is -0.149. The molecule has 0 bridgehead atoms. The molecule has 2 unspecified atom stereocenters. The average Bonchev–Trinajstić information content (AvgIpc) is 3.51. The number of benzene rings is 1. The van der Waals surface area contributed by atoms with Crippen LogP contribution in [0.4, 0.5) is 5.95 Å². The number of carbonyl (C=O) groups excluding carboxylic acids is 1. The Morgan fingerprint density at radius 2 is 1.96 bits per heavy atom. The molecule has 0 radical (unpaired) electrons. The molecule has 4 aromatic rings. The van der Waals surface area contributed by atoms with E-state index in [2.05, 4.69) is 25.0 Å². The van der Waals surface area contributed by atoms with Gasteiger partial charge in [-0.1, -0.05) is 40.7 Å². The van der Waals surface area contributed by atoms with Crippen LogP contribution in [0.25, 0.3) is 22.1 Å². The second-order valence-corrected chi connectivity index (χ2v) is 14.9. The summed E-state index contributed by atoms with van der Waals surface area (Å²) in [5.41, 5.74) is 4.05. The summed E-state index contributed by atoms with van der Waals surface area (Å²) in [5.74, 6) is -1.62. The summed E-state index contributed by atoms with van der Waals surface area (Å²) in [5, 5.41) is 36.0. The maximum atomic E-state index is 14.6. The molecule has 4 heterocycles. The van der Waals surface area contributed by atoms with Crippen LogP contribution in [0.15, 0.2) is 42.9 Å². The monoisotopic (exact) mass is 673 g/mol. The first kappa shape index (κ1) is 34.4. The molecule has 1 fully saturated rings. The lowest BCUT2D eigenvalue weighted by Gasteiger charge is -2.29. The summed E-state index contributed by atoms with van der Waals surface area (Å²) in [6, 6.07) is 7.32. The van der Waals surface area contributed by atoms with Gasteiger partial charge < -0.3 is 35.1 Å². The molecule has 0 aliphatic carbocycles. The number of nitrogens with zero attached hydrogens (tertiary/aromatic N) is 5. The second kappa shape index (κ2) is 12.9. The molecule has 47 heavy (non-hydrogen) atoms. The van der Waals surface area contributed by atoms with Gasteiger partial charge in [0.05, 0.1) is 25.1 Å². The van der Waals surface area contributed by atoms with E-state index < -0.39 is 62.2 Å². The van der Waals surface area contributed by atoms with Crippen LogP contribution >= 0.6 is 7.75 Å². The smallest absolute Gasteiger partial charge is 0.459 e. The Labute approximate surface area is 270 Å². The van der Waals surface area contributed by atoms with E-state index in [0.29, 0.717) is 10.9 Å². The van der Waals surface area contributed by atoms with Crippen LogP contribution in [-0.4, -0.2) is 82.9 Å². The number of aliphatic hydroxyl groups excluding tert-OH is 1. The van der Waals surface area contributed by atoms with Crippen molar-refractivity contribution in [3.63, 3.8) is 0 Å². The number of pyridine rings is 1. The number of ether oxygens (including phenoxy) is 2. The van der Waals surface area contributed by atoms with Crippen LogP contribution in [0, 0.1) is 11.3 Å². The number of anilines is 1. The quantitative estimate of drug-likeness (QED) is 0.114. The second-order valence-electron chi connectivity index (χ2n) is 13.2. The molecule has 1 aliphatic rings. The summed E-state index contributed by atoms with van der Waals surface area (Å²) in [4.78, 5) is 29.4. The highest BCUT2D eigenvalue weighted by Crippen LogP contribution is 2.49. The summed E-state index contributed by atoms with van der Waals surface area (Å²) in [7, 11) is -4.47. The van der Waals surface area contributed by atoms with Crippen molar-refractivity contribution in [3.8, 4) is 11.6 Å². The van der Waals surface area contributed by atoms with Crippen LogP contribution in [0.1, 0.15) is 47.8 Å². The number of aliphatic hydroxyl groups is 2. The fourth-order valence-corrected chi connectivity index (χ4v) is 6.72. The summed E-state index contributed by atoms with van der Waals surface area (Å²) in [6.07, 6.45) is -1.29. The maximum Gasteiger partial charge on any atom is 0.459 e. The van der Waals surface area contributed by atoms with Crippen LogP contribution in [-0.2, 0) is 23.4 Å². The van der Waals surface area contributed by atoms with Crippen molar-refractivity contribution < 1.29 is 43.2 Å². The van der Waals surface area contributed by atoms with Crippen molar-refractivity contribution >= 4 is 41.7 Å². The zero-order valence-corrected chi connectivity index (χ0v) is 27.8. The fraction of sp³-hybridized carbons (Fsp3) is 0.500. The number of rotatable bonds is 11. The Bertz CT molecular complexity index is 1800. The predicted molar refractivity (Wildman–Crippen MR) is 170 cm³/mol. The average molecular weight is 674 g/mol. The van der Waals surface area contributed by atoms with E-state index in [9.17, 15) is 24.7 Å². The number of esters is 1. The van der Waals surface area contributed by atoms with Crippen molar-refractivity contribution in [3.05, 3.63) is 42.9 Å². The highest BCUT2D eigenvalue weighted by Gasteiger charge is 2.54. The SMILES string of the molecule is CC(C)[C@H](NP(=O)(OC[C@H]1OC(n2cnc3c(O)nc(N)nc32)[C@](C)(O)[C@@H]1O)Oc1cccc2ncccc12)C(=O)OCC(C)(C)C. The molecule has 0 spiro atoms. The first-order chi connectivity index (χ1) is 22.0. The molecular formula is C30H40N7O9P. The van der Waals surface area contributed by atoms with Crippen molar-refractivity contribution in [1.29, 1.82) is 0 Å². The number of nitrogen functional groups attached to an aromatic ring is 1. The van der Waals surface area contributed by atoms with Gasteiger partial charge in [-0.25, -0.2) is 9.55 Å². The van der Waals surface area contributed by atoms with Gasteiger partial charge in [0, 0.05) is 11.6 Å². The van der Waals surface area contributed by atoms with Crippen molar-refractivity contribution in [1.82, 2.24) is 29.6 Å². The summed E-state index contributed by atoms with van der Waals surface area (Å²) < 4.78 is 39.3. The molecule has 0 amide bonds. The van der Waals surface area contributed by atoms with E-state index in [1.54, 1.807) is 50.4 Å². The zero-order chi connectivity index (χ0) is 34.3. The Morgan fingerprint density at radius 1 is 1.21 bits per heavy atom. The zero-order valence-electron chi connectivity index (χ0n) is 26.9. The molecular weight excluding hydrogens is 633 g/mol. The Hall–Kier alpha value is -3.92. The first-order valence-electron chi connectivity index (χ1n) is 15.0. The van der Waals surface area contributed by atoms with Crippen molar-refractivity contribution in [2.45, 2.75) is 71.6 Å². The lowest BCUT2D eigenvalue weighted by atomic mass is 9.96. The molecule has 1 aromatic carbocycles. The van der Waals surface area contributed by atoms with E-state index in [0.717, 1.165) is 0 Å². The van der Waals surface area contributed by atoms with E-state index in [-0.39, 0.29) is 34.9 Å². The van der Waals surface area contributed by atoms with Crippen molar-refractivity contribution in [2.24, 2.45) is 11.3 Å². The molecule has 16 nitrogen and oxygen atoms in total. The number of carbonyl (C=O) groups is 1. The van der Waals surface area contributed by atoms with Crippen LogP contribution in [0.3, 0.4) is 0 Å². The van der Waals surface area contributed by atoms with Crippen LogP contribution in [0.2, 0.25) is 0 Å². The highest BCUT2D eigenvalue weighted by molar-refractivity contribution is 7.52. The normalized spacial score (nSPS) is 23.6. The molecule has 1 saturated heterocycles. The number of nitrogens with one attached hydrogen (secondary N) is 1. The molecule has 1 aliphatic heterocycles. The Morgan fingerprint density at radius 3 is 2.66 bits per heavy atom. The largest absolute Gasteiger partial charge is 0.492 e. The van der Waals surface area contributed by atoms with E-state index in [1.165, 1.54) is 17.8 Å². The number of hydrogen-bond donors (Lipinski definition) is 5. The van der Waals surface area contributed by atoms with Crippen molar-refractivity contribution in [2.75, 3.05) is 18.9 Å². The van der Waals surface area contributed by atoms with Gasteiger partial charge in [0.25, 0.3) is 0 Å². The molecule has 17 heteroatoms. The van der Waals surface area contributed by atoms with Gasteiger partial charge in [0.1, 0.15) is 29.6 Å². The number of aromatic hydroxyl groups is 1. The number of nitrogens with two attached hydrogens (primary N) is 1. The van der Waals surface area contributed by atoms with Gasteiger partial charge in [-0.2, -0.15) is 15.1 Å². The molecule has 5 rings (SSSR count). The standard InChI is InChI=1S/C30H40N7O9P/c1-16(2)21(26(40)43-14-29(3,4)5)36-47(42,46-19-11-7-10-18-17(19)9-8-12-32-18)44-13-20-23(38)30(6,41)27(45-20)37-15-33-22-24(37)34-28(31)35-25(22)39/h7-12,15-16,20-21,23,27,38,41H,13-14H2,1-6H3,(H,36,42)(H3,31,34,35,39)/t20-,21+,23-,27?,30-,47?/m1/s1. The third-order valence-corrected chi connectivity index (χ3v) is 9.05. The van der Waals surface area contributed by atoms with E-state index in [4.69, 9.17) is 24.3 Å². The molecule has 254 valence electrons. The van der Waals surface area contributed by atoms with Gasteiger partial charge >= 0.3 is 13.7 Å². The van der Waals surface area contributed by atoms with E-state index in [1.807, 2.05) is 20.8 Å². The Balaban J connectivity index is 1.44. The van der Waals surface area contributed by atoms with Gasteiger partial charge in [-0.15, -0.1) is 0 Å². The third kappa shape index (κ3) is 7.32. The fourth-order valence-electron chi connectivity index (χ4n) is 5.03. The predicted octanol–water partition coefficient (Wildman–Crippen LogP) is 3.08. The minimum Gasteiger partial charge on any atom is -0.492 e. The lowest BCUT2D eigenvalue weighted by Crippen LogP contribution is -2.45. The Kier molecular flexibility index (Phi) is 9.48. The number of aromatic nitrogens is 5. The minimum atomic E-state index is -4.47. The highest BCUT2D eigenvalue weighted by atomic mass is 31.2. The summed E-state index contributed by atoms with van der Waals surface area (Å²) >= 11 is 0. The first-order valence-corrected chi connectivity index (χ1v) is 16.5. The number of fused-ring (bicyclic) bond motifs is 2. The molecule has 0 saturated carbocycles. The molecule has 3 aromatic heterocycles. The van der Waals surface area contributed by atoms with Gasteiger partial charge in [0.15, 0.2) is 17.4 Å². The van der Waals surface area contributed by atoms with Gasteiger partial charge in [-0.3, -0.25) is 18.9 Å². The van der Waals surface area contributed by atoms with Crippen LogP contribution in [0.5, 0.6) is 11.6 Å². The van der Waals surface area contributed by atoms with E-state index >= 15 is 0 Å². The number of hydrogen-bond acceptors (Lipinski definition) is 14. The minimum absolute atomic E-state index is 0.00228. The number of imidazole rings is 1. The van der Waals surface area contributed by atoms with Gasteiger partial charge in [-0.05, 0) is 42.5 Å². The topological polar surface area (TPSA) is 226 Å². The summed E-state index contributed by atoms with van der Waals surface area (Å²) in [6.45, 7) is 10.1. The molecule has 6 N–H and O–H groups in total. The molecule has 6 atom stereocenters. The van der Waals surface area contributed by atoms with Crippen LogP contribution < -0.4 is 15.3 Å². The maximum absolute atomic E-state index is 14.6. The third-order valence-electron chi connectivity index (χ3n) is 7.53. The van der Waals surface area contributed by atoms with Gasteiger partial charge in [0.2, 0.25) is 11.8 Å².